The fraction of sp³-hybridized carbons (Fsp3) is 0.182. The summed E-state index contributed by atoms with van der Waals surface area (Å²) in [5.74, 6) is 0.833. The molecular formula is C11H11ClN2O. The second-order valence-electron chi connectivity index (χ2n) is 3.09. The van der Waals surface area contributed by atoms with Crippen molar-refractivity contribution in [1.82, 2.24) is 0 Å². The monoisotopic (exact) mass is 222 g/mol. The molecule has 78 valence electrons. The highest BCUT2D eigenvalue weighted by Crippen LogP contribution is 2.24. The first kappa shape index (κ1) is 10.1. The first-order chi connectivity index (χ1) is 7.31. The van der Waals surface area contributed by atoms with E-state index in [2.05, 4.69) is 4.99 Å². The van der Waals surface area contributed by atoms with Crippen LogP contribution in [0.3, 0.4) is 0 Å². The van der Waals surface area contributed by atoms with Gasteiger partial charge in [0.2, 0.25) is 0 Å². The van der Waals surface area contributed by atoms with E-state index in [0.717, 1.165) is 11.4 Å². The number of hydrogen-bond acceptors (Lipinski definition) is 3. The number of aliphatic imine (C=N–C) groups is 1. The summed E-state index contributed by atoms with van der Waals surface area (Å²) in [6.07, 6.45) is 3.48. The number of ether oxygens (including phenoxy) is 1. The zero-order chi connectivity index (χ0) is 10.7. The van der Waals surface area contributed by atoms with Crippen LogP contribution in [0.15, 0.2) is 40.5 Å². The molecule has 1 heterocycles. The van der Waals surface area contributed by atoms with Crippen molar-refractivity contribution in [3.8, 4) is 5.75 Å². The van der Waals surface area contributed by atoms with E-state index in [1.54, 1.807) is 19.4 Å². The van der Waals surface area contributed by atoms with Crippen molar-refractivity contribution in [1.29, 1.82) is 0 Å². The molecular weight excluding hydrogens is 212 g/mol. The summed E-state index contributed by atoms with van der Waals surface area (Å²) in [5, 5.41) is 0.676. The summed E-state index contributed by atoms with van der Waals surface area (Å²) in [7, 11) is 1.65. The zero-order valence-corrected chi connectivity index (χ0v) is 9.11. The highest BCUT2D eigenvalue weighted by Gasteiger charge is 2.11. The van der Waals surface area contributed by atoms with Crippen molar-refractivity contribution >= 4 is 23.5 Å². The third kappa shape index (κ3) is 2.13. The molecule has 0 bridgehead atoms. The van der Waals surface area contributed by atoms with E-state index in [1.807, 2.05) is 29.2 Å². The lowest BCUT2D eigenvalue weighted by atomic mass is 10.3. The van der Waals surface area contributed by atoms with Crippen LogP contribution in [-0.2, 0) is 0 Å². The average molecular weight is 223 g/mol. The van der Waals surface area contributed by atoms with Gasteiger partial charge in [-0.05, 0) is 30.3 Å². The maximum absolute atomic E-state index is 6.06. The minimum atomic E-state index is 0.557. The van der Waals surface area contributed by atoms with Crippen LogP contribution in [0.5, 0.6) is 5.75 Å². The zero-order valence-electron chi connectivity index (χ0n) is 8.35. The Labute approximate surface area is 93.6 Å². The quantitative estimate of drug-likeness (QED) is 0.719. The Kier molecular flexibility index (Phi) is 2.92. The SMILES string of the molecule is COc1ccc(N2CN=CC=C2Cl)cc1. The van der Waals surface area contributed by atoms with E-state index in [9.17, 15) is 0 Å². The van der Waals surface area contributed by atoms with E-state index in [-0.39, 0.29) is 0 Å². The molecule has 4 heteroatoms. The van der Waals surface area contributed by atoms with Gasteiger partial charge in [0.1, 0.15) is 17.6 Å². The van der Waals surface area contributed by atoms with Crippen LogP contribution in [0.25, 0.3) is 0 Å². The Hall–Kier alpha value is -1.48. The van der Waals surface area contributed by atoms with Crippen molar-refractivity contribution in [3.63, 3.8) is 0 Å². The molecule has 0 N–H and O–H groups in total. The highest BCUT2D eigenvalue weighted by atomic mass is 35.5. The molecule has 2 rings (SSSR count). The average Bonchev–Trinajstić information content (AvgIpc) is 2.30. The second kappa shape index (κ2) is 4.36. The Morgan fingerprint density at radius 3 is 2.67 bits per heavy atom. The summed E-state index contributed by atoms with van der Waals surface area (Å²) in [4.78, 5) is 6.05. The molecule has 0 radical (unpaired) electrons. The van der Waals surface area contributed by atoms with Gasteiger partial charge in [-0.3, -0.25) is 4.99 Å². The number of allylic oxidation sites excluding steroid dienone is 1. The van der Waals surface area contributed by atoms with Gasteiger partial charge in [-0.25, -0.2) is 0 Å². The molecule has 1 aromatic rings. The topological polar surface area (TPSA) is 24.8 Å². The normalized spacial score (nSPS) is 15.1. The summed E-state index contributed by atoms with van der Waals surface area (Å²) < 4.78 is 5.09. The Balaban J connectivity index is 2.23. The van der Waals surface area contributed by atoms with Crippen molar-refractivity contribution < 1.29 is 4.74 Å². The Morgan fingerprint density at radius 1 is 1.33 bits per heavy atom. The van der Waals surface area contributed by atoms with Crippen molar-refractivity contribution in [2.45, 2.75) is 0 Å². The Bertz CT molecular complexity index is 398. The lowest BCUT2D eigenvalue weighted by molar-refractivity contribution is 0.415. The fourth-order valence-electron chi connectivity index (χ4n) is 1.37. The van der Waals surface area contributed by atoms with Crippen LogP contribution >= 0.6 is 11.6 Å². The van der Waals surface area contributed by atoms with Crippen LogP contribution < -0.4 is 9.64 Å². The van der Waals surface area contributed by atoms with E-state index in [4.69, 9.17) is 16.3 Å². The highest BCUT2D eigenvalue weighted by molar-refractivity contribution is 6.32. The number of halogens is 1. The van der Waals surface area contributed by atoms with Gasteiger partial charge in [0, 0.05) is 11.9 Å². The number of rotatable bonds is 2. The van der Waals surface area contributed by atoms with Gasteiger partial charge in [-0.15, -0.1) is 0 Å². The van der Waals surface area contributed by atoms with Gasteiger partial charge in [-0.1, -0.05) is 11.6 Å². The fourth-order valence-corrected chi connectivity index (χ4v) is 1.58. The first-order valence-electron chi connectivity index (χ1n) is 4.58. The molecule has 0 aromatic heterocycles. The van der Waals surface area contributed by atoms with E-state index >= 15 is 0 Å². The lowest BCUT2D eigenvalue weighted by Crippen LogP contribution is -2.22. The molecule has 0 aliphatic carbocycles. The first-order valence-corrected chi connectivity index (χ1v) is 4.96. The van der Waals surface area contributed by atoms with E-state index < -0.39 is 0 Å². The molecule has 0 fully saturated rings. The van der Waals surface area contributed by atoms with Gasteiger partial charge >= 0.3 is 0 Å². The summed E-state index contributed by atoms with van der Waals surface area (Å²) in [6.45, 7) is 0.557. The molecule has 3 nitrogen and oxygen atoms in total. The van der Waals surface area contributed by atoms with Crippen LogP contribution in [0, 0.1) is 0 Å². The second-order valence-corrected chi connectivity index (χ2v) is 3.48. The largest absolute Gasteiger partial charge is 0.497 e. The summed E-state index contributed by atoms with van der Waals surface area (Å²) >= 11 is 6.06. The number of hydrogen-bond donors (Lipinski definition) is 0. The molecule has 1 aliphatic rings. The predicted molar refractivity (Wildman–Crippen MR) is 62.8 cm³/mol. The summed E-state index contributed by atoms with van der Waals surface area (Å²) in [5.41, 5.74) is 1.01. The smallest absolute Gasteiger partial charge is 0.119 e. The Morgan fingerprint density at radius 2 is 2.07 bits per heavy atom. The maximum Gasteiger partial charge on any atom is 0.119 e. The predicted octanol–water partition coefficient (Wildman–Crippen LogP) is 2.62. The van der Waals surface area contributed by atoms with Crippen molar-refractivity contribution in [2.24, 2.45) is 4.99 Å². The molecule has 0 saturated heterocycles. The molecule has 0 atom stereocenters. The molecule has 0 amide bonds. The van der Waals surface area contributed by atoms with Gasteiger partial charge < -0.3 is 9.64 Å². The molecule has 0 unspecified atom stereocenters. The third-order valence-corrected chi connectivity index (χ3v) is 2.51. The number of anilines is 1. The molecule has 1 aliphatic heterocycles. The number of methoxy groups -OCH3 is 1. The molecule has 0 spiro atoms. The minimum Gasteiger partial charge on any atom is -0.497 e. The van der Waals surface area contributed by atoms with Crippen molar-refractivity contribution in [3.05, 3.63) is 35.5 Å². The number of benzene rings is 1. The minimum absolute atomic E-state index is 0.557. The lowest BCUT2D eigenvalue weighted by Gasteiger charge is -2.23. The molecule has 0 saturated carbocycles. The van der Waals surface area contributed by atoms with Crippen molar-refractivity contribution in [2.75, 3.05) is 18.7 Å². The third-order valence-electron chi connectivity index (χ3n) is 2.18. The van der Waals surface area contributed by atoms with Crippen LogP contribution in [0.2, 0.25) is 0 Å². The van der Waals surface area contributed by atoms with Gasteiger partial charge in [0.05, 0.1) is 7.11 Å². The standard InChI is InChI=1S/C11H11ClN2O/c1-15-10-4-2-9(3-5-10)14-8-13-7-6-11(14)12/h2-7H,8H2,1H3. The molecule has 1 aromatic carbocycles. The van der Waals surface area contributed by atoms with Gasteiger partial charge in [0.25, 0.3) is 0 Å². The van der Waals surface area contributed by atoms with Gasteiger partial charge in [0.15, 0.2) is 0 Å². The van der Waals surface area contributed by atoms with Crippen LogP contribution in [-0.4, -0.2) is 20.0 Å². The maximum atomic E-state index is 6.06. The van der Waals surface area contributed by atoms with E-state index in [0.29, 0.717) is 11.8 Å². The van der Waals surface area contributed by atoms with Gasteiger partial charge in [-0.2, -0.15) is 0 Å². The molecule has 15 heavy (non-hydrogen) atoms. The van der Waals surface area contributed by atoms with E-state index in [1.165, 1.54) is 0 Å². The summed E-state index contributed by atoms with van der Waals surface area (Å²) in [6, 6.07) is 7.71. The van der Waals surface area contributed by atoms with Crippen LogP contribution in [0.1, 0.15) is 0 Å². The van der Waals surface area contributed by atoms with Crippen LogP contribution in [0.4, 0.5) is 5.69 Å². The number of nitrogens with zero attached hydrogens (tertiary/aromatic N) is 2.